The number of rotatable bonds is 7. The van der Waals surface area contributed by atoms with Gasteiger partial charge in [0.2, 0.25) is 0 Å². The molecule has 5 nitrogen and oxygen atoms in total. The van der Waals surface area contributed by atoms with Crippen LogP contribution in [-0.2, 0) is 9.59 Å². The number of halogens is 2. The Balaban J connectivity index is 1.81. The average Bonchev–Trinajstić information content (AvgIpc) is 2.92. The lowest BCUT2D eigenvalue weighted by Gasteiger charge is -2.13. The number of hydrogen-bond acceptors (Lipinski definition) is 5. The van der Waals surface area contributed by atoms with Gasteiger partial charge < -0.3 is 9.84 Å². The van der Waals surface area contributed by atoms with Crippen molar-refractivity contribution in [3.63, 3.8) is 0 Å². The molecule has 0 aliphatic carbocycles. The van der Waals surface area contributed by atoms with Crippen LogP contribution in [0.2, 0.25) is 10.0 Å². The van der Waals surface area contributed by atoms with E-state index in [-0.39, 0.29) is 18.9 Å². The fourth-order valence-corrected chi connectivity index (χ4v) is 4.34. The van der Waals surface area contributed by atoms with E-state index < -0.39 is 5.97 Å². The third kappa shape index (κ3) is 5.51. The van der Waals surface area contributed by atoms with Crippen molar-refractivity contribution in [1.29, 1.82) is 0 Å². The zero-order valence-electron chi connectivity index (χ0n) is 14.9. The van der Waals surface area contributed by atoms with Gasteiger partial charge in [-0.3, -0.25) is 14.5 Å². The van der Waals surface area contributed by atoms with Crippen LogP contribution in [0.3, 0.4) is 0 Å². The fourth-order valence-electron chi connectivity index (χ4n) is 2.59. The molecule has 1 aliphatic rings. The molecule has 0 saturated carbocycles. The van der Waals surface area contributed by atoms with Crippen LogP contribution in [0, 0.1) is 0 Å². The predicted molar refractivity (Wildman–Crippen MR) is 120 cm³/mol. The summed E-state index contributed by atoms with van der Waals surface area (Å²) in [4.78, 5) is 25.2. The Morgan fingerprint density at radius 1 is 1.21 bits per heavy atom. The first-order valence-corrected chi connectivity index (χ1v) is 10.5. The van der Waals surface area contributed by atoms with Crippen LogP contribution in [0.15, 0.2) is 47.4 Å². The van der Waals surface area contributed by atoms with E-state index in [1.54, 1.807) is 30.3 Å². The van der Waals surface area contributed by atoms with Gasteiger partial charge in [0.05, 0.1) is 9.93 Å². The molecule has 2 aromatic rings. The minimum Gasteiger partial charge on any atom is -0.481 e. The molecule has 1 N–H and O–H groups in total. The van der Waals surface area contributed by atoms with Gasteiger partial charge in [0.1, 0.15) is 15.8 Å². The van der Waals surface area contributed by atoms with E-state index in [4.69, 9.17) is 45.3 Å². The molecule has 150 valence electrons. The minimum atomic E-state index is -0.905. The van der Waals surface area contributed by atoms with Crippen molar-refractivity contribution in [1.82, 2.24) is 4.90 Å². The summed E-state index contributed by atoms with van der Waals surface area (Å²) in [5.41, 5.74) is 0.685. The van der Waals surface area contributed by atoms with Crippen LogP contribution in [0.1, 0.15) is 18.4 Å². The number of carbonyl (C=O) groups is 2. The minimum absolute atomic E-state index is 0.0192. The number of para-hydroxylation sites is 1. The van der Waals surface area contributed by atoms with Crippen LogP contribution in [0.4, 0.5) is 0 Å². The summed E-state index contributed by atoms with van der Waals surface area (Å²) in [6.07, 6.45) is 2.02. The summed E-state index contributed by atoms with van der Waals surface area (Å²) in [5, 5.41) is 9.64. The molecular formula is C20H15Cl2NO4S2. The lowest BCUT2D eigenvalue weighted by Crippen LogP contribution is -2.29. The molecule has 0 radical (unpaired) electrons. The number of carbonyl (C=O) groups excluding carboxylic acids is 1. The summed E-state index contributed by atoms with van der Waals surface area (Å²) >= 11 is 18.6. The van der Waals surface area contributed by atoms with E-state index >= 15 is 0 Å². The zero-order chi connectivity index (χ0) is 21.0. The normalized spacial score (nSPS) is 15.2. The molecule has 0 atom stereocenters. The van der Waals surface area contributed by atoms with Crippen molar-refractivity contribution in [2.75, 3.05) is 6.54 Å². The highest BCUT2D eigenvalue weighted by molar-refractivity contribution is 8.26. The van der Waals surface area contributed by atoms with Gasteiger partial charge in [-0.25, -0.2) is 0 Å². The van der Waals surface area contributed by atoms with Gasteiger partial charge in [-0.15, -0.1) is 0 Å². The Labute approximate surface area is 187 Å². The number of benzene rings is 2. The maximum atomic E-state index is 12.7. The van der Waals surface area contributed by atoms with Gasteiger partial charge in [-0.2, -0.15) is 0 Å². The standard InChI is InChI=1S/C20H15Cl2NO4S2/c21-13-7-8-16(14(22)11-13)27-15-5-2-1-4-12(15)10-17-19(26)23(20(28)29-17)9-3-6-18(24)25/h1-2,4-5,7-8,10-11H,3,6,9H2,(H,24,25). The molecule has 1 aliphatic heterocycles. The van der Waals surface area contributed by atoms with E-state index in [2.05, 4.69) is 0 Å². The average molecular weight is 468 g/mol. The lowest BCUT2D eigenvalue weighted by molar-refractivity contribution is -0.137. The zero-order valence-corrected chi connectivity index (χ0v) is 18.1. The summed E-state index contributed by atoms with van der Waals surface area (Å²) in [6.45, 7) is 0.271. The number of aliphatic carboxylic acids is 1. The van der Waals surface area contributed by atoms with E-state index in [0.29, 0.717) is 42.8 Å². The van der Waals surface area contributed by atoms with Gasteiger partial charge in [0.15, 0.2) is 0 Å². The monoisotopic (exact) mass is 467 g/mol. The quantitative estimate of drug-likeness (QED) is 0.406. The molecule has 1 saturated heterocycles. The SMILES string of the molecule is O=C(O)CCCN1C(=O)C(=Cc2ccccc2Oc2ccc(Cl)cc2Cl)SC1=S. The number of carboxylic acid groups (broad SMARTS) is 1. The summed E-state index contributed by atoms with van der Waals surface area (Å²) in [5.74, 6) is -0.186. The topological polar surface area (TPSA) is 66.8 Å². The molecule has 9 heteroatoms. The summed E-state index contributed by atoms with van der Waals surface area (Å²) in [7, 11) is 0. The Morgan fingerprint density at radius 3 is 2.69 bits per heavy atom. The van der Waals surface area contributed by atoms with Crippen LogP contribution in [0.25, 0.3) is 6.08 Å². The molecule has 1 amide bonds. The molecule has 0 bridgehead atoms. The van der Waals surface area contributed by atoms with Gasteiger partial charge in [0, 0.05) is 23.6 Å². The Kier molecular flexibility index (Phi) is 7.18. The molecule has 3 rings (SSSR count). The van der Waals surface area contributed by atoms with Crippen LogP contribution in [0.5, 0.6) is 11.5 Å². The number of nitrogens with zero attached hydrogens (tertiary/aromatic N) is 1. The Bertz CT molecular complexity index is 1010. The highest BCUT2D eigenvalue weighted by Gasteiger charge is 2.31. The molecule has 29 heavy (non-hydrogen) atoms. The number of thiocarbonyl (C=S) groups is 1. The van der Waals surface area contributed by atoms with E-state index in [0.717, 1.165) is 0 Å². The fraction of sp³-hybridized carbons (Fsp3) is 0.150. The number of thioether (sulfide) groups is 1. The van der Waals surface area contributed by atoms with Gasteiger partial charge in [-0.1, -0.05) is 65.4 Å². The Morgan fingerprint density at radius 2 is 1.97 bits per heavy atom. The van der Waals surface area contributed by atoms with Gasteiger partial charge in [0.25, 0.3) is 5.91 Å². The van der Waals surface area contributed by atoms with Gasteiger partial charge >= 0.3 is 5.97 Å². The first-order chi connectivity index (χ1) is 13.8. The second kappa shape index (κ2) is 9.63. The molecule has 0 aromatic heterocycles. The first kappa shape index (κ1) is 21.6. The lowest BCUT2D eigenvalue weighted by atomic mass is 10.2. The smallest absolute Gasteiger partial charge is 0.303 e. The van der Waals surface area contributed by atoms with Crippen LogP contribution < -0.4 is 4.74 Å². The third-order valence-corrected chi connectivity index (χ3v) is 5.87. The number of hydrogen-bond donors (Lipinski definition) is 1. The first-order valence-electron chi connectivity index (χ1n) is 8.54. The molecule has 1 fully saturated rings. The van der Waals surface area contributed by atoms with Crippen molar-refractivity contribution in [2.45, 2.75) is 12.8 Å². The number of amides is 1. The third-order valence-electron chi connectivity index (χ3n) is 3.97. The molecular weight excluding hydrogens is 453 g/mol. The van der Waals surface area contributed by atoms with Gasteiger partial charge in [-0.05, 0) is 36.8 Å². The largest absolute Gasteiger partial charge is 0.481 e. The second-order valence-corrected chi connectivity index (χ2v) is 8.56. The maximum Gasteiger partial charge on any atom is 0.303 e. The van der Waals surface area contributed by atoms with Crippen molar-refractivity contribution in [3.8, 4) is 11.5 Å². The maximum absolute atomic E-state index is 12.7. The summed E-state index contributed by atoms with van der Waals surface area (Å²) < 4.78 is 6.33. The predicted octanol–water partition coefficient (Wildman–Crippen LogP) is 5.85. The van der Waals surface area contributed by atoms with Crippen molar-refractivity contribution >= 4 is 69.5 Å². The Hall–Kier alpha value is -2.06. The highest BCUT2D eigenvalue weighted by Crippen LogP contribution is 2.37. The molecule has 1 heterocycles. The summed E-state index contributed by atoms with van der Waals surface area (Å²) in [6, 6.07) is 12.2. The van der Waals surface area contributed by atoms with Crippen molar-refractivity contribution < 1.29 is 19.4 Å². The molecule has 2 aromatic carbocycles. The molecule has 0 spiro atoms. The second-order valence-electron chi connectivity index (χ2n) is 6.05. The number of ether oxygens (including phenoxy) is 1. The number of carboxylic acids is 1. The van der Waals surface area contributed by atoms with E-state index in [1.807, 2.05) is 18.2 Å². The van der Waals surface area contributed by atoms with E-state index in [9.17, 15) is 9.59 Å². The van der Waals surface area contributed by atoms with E-state index in [1.165, 1.54) is 16.7 Å². The van der Waals surface area contributed by atoms with Crippen molar-refractivity contribution in [2.24, 2.45) is 0 Å². The highest BCUT2D eigenvalue weighted by atomic mass is 35.5. The van der Waals surface area contributed by atoms with Crippen LogP contribution in [-0.4, -0.2) is 32.7 Å². The molecule has 0 unspecified atom stereocenters. The van der Waals surface area contributed by atoms with Crippen LogP contribution >= 0.6 is 47.2 Å². The van der Waals surface area contributed by atoms with Crippen molar-refractivity contribution in [3.05, 3.63) is 63.0 Å².